The van der Waals surface area contributed by atoms with Gasteiger partial charge in [0.15, 0.2) is 11.5 Å². The Labute approximate surface area is 158 Å². The van der Waals surface area contributed by atoms with Crippen molar-refractivity contribution in [2.24, 2.45) is 0 Å². The zero-order valence-corrected chi connectivity index (χ0v) is 16.0. The number of pyridine rings is 1. The van der Waals surface area contributed by atoms with Crippen LogP contribution in [0.4, 0.5) is 0 Å². The first-order valence-electron chi connectivity index (χ1n) is 7.66. The second kappa shape index (κ2) is 7.37. The predicted molar refractivity (Wildman–Crippen MR) is 100 cm³/mol. The van der Waals surface area contributed by atoms with E-state index in [4.69, 9.17) is 16.3 Å². The van der Waals surface area contributed by atoms with E-state index in [2.05, 4.69) is 25.9 Å². The molecule has 0 aliphatic carbocycles. The van der Waals surface area contributed by atoms with Crippen molar-refractivity contribution in [1.29, 1.82) is 0 Å². The summed E-state index contributed by atoms with van der Waals surface area (Å²) in [4.78, 5) is 21.1. The van der Waals surface area contributed by atoms with E-state index in [1.165, 1.54) is 0 Å². The van der Waals surface area contributed by atoms with Crippen LogP contribution in [0, 0.1) is 6.92 Å². The van der Waals surface area contributed by atoms with Gasteiger partial charge >= 0.3 is 5.97 Å². The van der Waals surface area contributed by atoms with E-state index in [0.29, 0.717) is 21.1 Å². The second-order valence-electron chi connectivity index (χ2n) is 5.28. The average molecular weight is 421 g/mol. The highest BCUT2D eigenvalue weighted by Crippen LogP contribution is 2.32. The Morgan fingerprint density at radius 3 is 2.80 bits per heavy atom. The number of carbonyl (C=O) groups excluding carboxylic acids is 1. The Morgan fingerprint density at radius 1 is 1.32 bits per heavy atom. The summed E-state index contributed by atoms with van der Waals surface area (Å²) >= 11 is 9.67. The van der Waals surface area contributed by atoms with Crippen molar-refractivity contribution in [3.05, 3.63) is 63.5 Å². The SMILES string of the molecule is CCOC(=O)c1nc(-c2ccccn2)n(-c2cc(Cl)ccc2C)c1Br. The first kappa shape index (κ1) is 17.6. The quantitative estimate of drug-likeness (QED) is 0.567. The molecule has 0 amide bonds. The molecule has 0 bridgehead atoms. The first-order valence-corrected chi connectivity index (χ1v) is 8.83. The zero-order valence-electron chi connectivity index (χ0n) is 13.7. The van der Waals surface area contributed by atoms with Crippen LogP contribution in [0.5, 0.6) is 0 Å². The summed E-state index contributed by atoms with van der Waals surface area (Å²) in [5, 5.41) is 0.589. The van der Waals surface area contributed by atoms with Crippen molar-refractivity contribution >= 4 is 33.5 Å². The van der Waals surface area contributed by atoms with Crippen molar-refractivity contribution < 1.29 is 9.53 Å². The van der Waals surface area contributed by atoms with Crippen LogP contribution < -0.4 is 0 Å². The summed E-state index contributed by atoms with van der Waals surface area (Å²) in [6, 6.07) is 11.1. The summed E-state index contributed by atoms with van der Waals surface area (Å²) in [6.07, 6.45) is 1.68. The molecule has 1 aromatic carbocycles. The number of rotatable bonds is 4. The van der Waals surface area contributed by atoms with Crippen molar-refractivity contribution in [3.63, 3.8) is 0 Å². The molecule has 2 aromatic heterocycles. The van der Waals surface area contributed by atoms with E-state index in [-0.39, 0.29) is 12.3 Å². The minimum Gasteiger partial charge on any atom is -0.461 e. The van der Waals surface area contributed by atoms with Crippen LogP contribution in [0.3, 0.4) is 0 Å². The van der Waals surface area contributed by atoms with Crippen molar-refractivity contribution in [1.82, 2.24) is 14.5 Å². The molecule has 0 aliphatic heterocycles. The molecule has 0 unspecified atom stereocenters. The summed E-state index contributed by atoms with van der Waals surface area (Å²) < 4.78 is 7.42. The standard InChI is InChI=1S/C18H15BrClN3O2/c1-3-25-18(24)15-16(19)23(14-10-12(20)8-7-11(14)2)17(22-15)13-6-4-5-9-21-13/h4-10H,3H2,1-2H3. The Balaban J connectivity index is 2.28. The van der Waals surface area contributed by atoms with Crippen LogP contribution in [0.1, 0.15) is 23.0 Å². The third-order valence-corrected chi connectivity index (χ3v) is 4.56. The fourth-order valence-electron chi connectivity index (χ4n) is 2.44. The Hall–Kier alpha value is -2.18. The van der Waals surface area contributed by atoms with Gasteiger partial charge in [-0.3, -0.25) is 9.55 Å². The third-order valence-electron chi connectivity index (χ3n) is 3.60. The number of hydrogen-bond acceptors (Lipinski definition) is 4. The number of imidazole rings is 1. The molecule has 0 spiro atoms. The Bertz CT molecular complexity index is 926. The van der Waals surface area contributed by atoms with Gasteiger partial charge in [-0.2, -0.15) is 0 Å². The van der Waals surface area contributed by atoms with Gasteiger partial charge in [-0.25, -0.2) is 9.78 Å². The highest BCUT2D eigenvalue weighted by atomic mass is 79.9. The van der Waals surface area contributed by atoms with Gasteiger partial charge in [-0.1, -0.05) is 23.7 Å². The molecular weight excluding hydrogens is 406 g/mol. The van der Waals surface area contributed by atoms with Gasteiger partial charge in [-0.15, -0.1) is 0 Å². The molecule has 7 heteroatoms. The minimum atomic E-state index is -0.495. The van der Waals surface area contributed by atoms with Crippen LogP contribution in [0.15, 0.2) is 47.2 Å². The van der Waals surface area contributed by atoms with Crippen LogP contribution in [-0.4, -0.2) is 27.1 Å². The highest BCUT2D eigenvalue weighted by molar-refractivity contribution is 9.10. The van der Waals surface area contributed by atoms with Crippen LogP contribution in [-0.2, 0) is 4.74 Å². The lowest BCUT2D eigenvalue weighted by Crippen LogP contribution is -2.06. The molecule has 0 aliphatic rings. The second-order valence-corrected chi connectivity index (χ2v) is 6.46. The van der Waals surface area contributed by atoms with E-state index < -0.39 is 5.97 Å². The van der Waals surface area contributed by atoms with Gasteiger partial charge in [0.2, 0.25) is 0 Å². The number of nitrogens with zero attached hydrogens (tertiary/aromatic N) is 3. The maximum absolute atomic E-state index is 12.3. The largest absolute Gasteiger partial charge is 0.461 e. The number of benzene rings is 1. The van der Waals surface area contributed by atoms with Gasteiger partial charge < -0.3 is 4.74 Å². The summed E-state index contributed by atoms with van der Waals surface area (Å²) in [5.41, 5.74) is 2.62. The molecule has 0 fully saturated rings. The predicted octanol–water partition coefficient (Wildman–Crippen LogP) is 4.84. The van der Waals surface area contributed by atoms with Gasteiger partial charge in [-0.05, 0) is 59.6 Å². The number of halogens is 2. The molecule has 3 rings (SSSR count). The summed E-state index contributed by atoms with van der Waals surface area (Å²) in [6.45, 7) is 3.99. The van der Waals surface area contributed by atoms with E-state index in [1.54, 1.807) is 13.1 Å². The van der Waals surface area contributed by atoms with E-state index >= 15 is 0 Å². The maximum Gasteiger partial charge on any atom is 0.359 e. The van der Waals surface area contributed by atoms with Gasteiger partial charge in [0.1, 0.15) is 10.3 Å². The van der Waals surface area contributed by atoms with Crippen molar-refractivity contribution in [2.75, 3.05) is 6.61 Å². The molecule has 25 heavy (non-hydrogen) atoms. The van der Waals surface area contributed by atoms with Gasteiger partial charge in [0.25, 0.3) is 0 Å². The number of esters is 1. The lowest BCUT2D eigenvalue weighted by Gasteiger charge is -2.12. The molecular formula is C18H15BrClN3O2. The summed E-state index contributed by atoms with van der Waals surface area (Å²) in [7, 11) is 0. The number of hydrogen-bond donors (Lipinski definition) is 0. The first-order chi connectivity index (χ1) is 12.0. The van der Waals surface area contributed by atoms with Gasteiger partial charge in [0, 0.05) is 11.2 Å². The highest BCUT2D eigenvalue weighted by Gasteiger charge is 2.25. The fourth-order valence-corrected chi connectivity index (χ4v) is 3.22. The minimum absolute atomic E-state index is 0.196. The number of ether oxygens (including phenoxy) is 1. The normalized spacial score (nSPS) is 10.7. The molecule has 0 saturated heterocycles. The topological polar surface area (TPSA) is 57.0 Å². The van der Waals surface area contributed by atoms with E-state index in [9.17, 15) is 4.79 Å². The molecule has 0 N–H and O–H groups in total. The monoisotopic (exact) mass is 419 g/mol. The zero-order chi connectivity index (χ0) is 18.0. The van der Waals surface area contributed by atoms with E-state index in [0.717, 1.165) is 11.3 Å². The molecule has 3 aromatic rings. The molecule has 5 nitrogen and oxygen atoms in total. The molecule has 0 radical (unpaired) electrons. The maximum atomic E-state index is 12.3. The van der Waals surface area contributed by atoms with E-state index in [1.807, 2.05) is 47.9 Å². The third kappa shape index (κ3) is 3.45. The fraction of sp³-hybridized carbons (Fsp3) is 0.167. The van der Waals surface area contributed by atoms with Gasteiger partial charge in [0.05, 0.1) is 12.3 Å². The lowest BCUT2D eigenvalue weighted by molar-refractivity contribution is 0.0519. The van der Waals surface area contributed by atoms with Crippen LogP contribution in [0.2, 0.25) is 5.02 Å². The number of aryl methyl sites for hydroxylation is 1. The molecule has 2 heterocycles. The number of aromatic nitrogens is 3. The molecule has 128 valence electrons. The smallest absolute Gasteiger partial charge is 0.359 e. The van der Waals surface area contributed by atoms with Crippen LogP contribution >= 0.6 is 27.5 Å². The lowest BCUT2D eigenvalue weighted by atomic mass is 10.2. The summed E-state index contributed by atoms with van der Waals surface area (Å²) in [5.74, 6) is 0.0332. The van der Waals surface area contributed by atoms with Crippen molar-refractivity contribution in [2.45, 2.75) is 13.8 Å². The molecule has 0 atom stereocenters. The Kier molecular flexibility index (Phi) is 5.20. The van der Waals surface area contributed by atoms with Crippen LogP contribution in [0.25, 0.3) is 17.2 Å². The average Bonchev–Trinajstić information content (AvgIpc) is 2.95. The van der Waals surface area contributed by atoms with Crippen molar-refractivity contribution in [3.8, 4) is 17.2 Å². The molecule has 0 saturated carbocycles. The Morgan fingerprint density at radius 2 is 2.12 bits per heavy atom. The number of carbonyl (C=O) groups is 1.